The maximum Gasteiger partial charge on any atom is 0.180 e. The summed E-state index contributed by atoms with van der Waals surface area (Å²) < 4.78 is 24.9. The van der Waals surface area contributed by atoms with Crippen molar-refractivity contribution in [1.82, 2.24) is 0 Å². The van der Waals surface area contributed by atoms with Gasteiger partial charge in [-0.1, -0.05) is 41.4 Å². The molecule has 0 saturated carbocycles. The van der Waals surface area contributed by atoms with E-state index in [9.17, 15) is 4.39 Å². The minimum absolute atomic E-state index is 0.207. The Labute approximate surface area is 170 Å². The van der Waals surface area contributed by atoms with Gasteiger partial charge in [-0.05, 0) is 61.4 Å². The molecule has 0 fully saturated rings. The normalized spacial score (nSPS) is 10.6. The van der Waals surface area contributed by atoms with Crippen molar-refractivity contribution in [2.24, 2.45) is 0 Å². The molecule has 3 rings (SSSR count). The molecule has 0 saturated heterocycles. The molecule has 0 aliphatic heterocycles. The van der Waals surface area contributed by atoms with Crippen LogP contribution < -0.4 is 14.8 Å². The zero-order valence-corrected chi connectivity index (χ0v) is 16.7. The zero-order valence-electron chi connectivity index (χ0n) is 16.0. The van der Waals surface area contributed by atoms with Gasteiger partial charge in [-0.15, -0.1) is 0 Å². The van der Waals surface area contributed by atoms with Crippen molar-refractivity contribution in [2.45, 2.75) is 27.0 Å². The van der Waals surface area contributed by atoms with Crippen LogP contribution in [0.3, 0.4) is 0 Å². The van der Waals surface area contributed by atoms with Crippen molar-refractivity contribution in [1.29, 1.82) is 0 Å². The maximum atomic E-state index is 13.4. The number of benzene rings is 3. The Hall–Kier alpha value is -2.72. The fourth-order valence-corrected chi connectivity index (χ4v) is 3.07. The molecule has 0 aliphatic carbocycles. The second kappa shape index (κ2) is 9.47. The first kappa shape index (κ1) is 20.0. The van der Waals surface area contributed by atoms with Crippen molar-refractivity contribution in [3.05, 3.63) is 88.2 Å². The van der Waals surface area contributed by atoms with E-state index in [0.29, 0.717) is 29.7 Å². The fraction of sp³-hybridized carbons (Fsp3) is 0.217. The molecular weight excluding hydrogens is 377 g/mol. The van der Waals surface area contributed by atoms with E-state index in [-0.39, 0.29) is 12.4 Å². The van der Waals surface area contributed by atoms with Crippen molar-refractivity contribution in [3.63, 3.8) is 0 Å². The Balaban J connectivity index is 1.74. The molecule has 28 heavy (non-hydrogen) atoms. The lowest BCUT2D eigenvalue weighted by Gasteiger charge is -2.16. The number of halogens is 2. The largest absolute Gasteiger partial charge is 0.490 e. The van der Waals surface area contributed by atoms with E-state index >= 15 is 0 Å². The van der Waals surface area contributed by atoms with Gasteiger partial charge in [0.05, 0.1) is 11.6 Å². The van der Waals surface area contributed by atoms with Crippen LogP contribution in [0.25, 0.3) is 0 Å². The molecule has 3 nitrogen and oxygen atoms in total. The Morgan fingerprint density at radius 3 is 2.46 bits per heavy atom. The van der Waals surface area contributed by atoms with Crippen LogP contribution in [0.2, 0.25) is 5.02 Å². The maximum absolute atomic E-state index is 13.4. The summed E-state index contributed by atoms with van der Waals surface area (Å²) >= 11 is 6.46. The van der Waals surface area contributed by atoms with E-state index in [0.717, 1.165) is 16.8 Å². The highest BCUT2D eigenvalue weighted by Crippen LogP contribution is 2.37. The molecule has 0 radical (unpaired) electrons. The summed E-state index contributed by atoms with van der Waals surface area (Å²) in [7, 11) is 0. The first-order valence-electron chi connectivity index (χ1n) is 9.18. The number of ether oxygens (including phenoxy) is 2. The first-order valence-corrected chi connectivity index (χ1v) is 9.56. The Bertz CT molecular complexity index is 928. The molecule has 3 aromatic carbocycles. The summed E-state index contributed by atoms with van der Waals surface area (Å²) in [6.45, 7) is 5.26. The van der Waals surface area contributed by atoms with Gasteiger partial charge in [0.2, 0.25) is 0 Å². The summed E-state index contributed by atoms with van der Waals surface area (Å²) in [5, 5.41) is 3.83. The highest BCUT2D eigenvalue weighted by atomic mass is 35.5. The van der Waals surface area contributed by atoms with Crippen LogP contribution in [-0.4, -0.2) is 6.61 Å². The lowest BCUT2D eigenvalue weighted by molar-refractivity contribution is 0.269. The molecule has 3 aromatic rings. The molecule has 0 aliphatic rings. The van der Waals surface area contributed by atoms with E-state index in [1.807, 2.05) is 31.2 Å². The molecule has 0 atom stereocenters. The minimum atomic E-state index is -0.297. The van der Waals surface area contributed by atoms with Crippen molar-refractivity contribution >= 4 is 17.3 Å². The van der Waals surface area contributed by atoms with E-state index in [1.54, 1.807) is 12.1 Å². The lowest BCUT2D eigenvalue weighted by Crippen LogP contribution is -2.04. The summed E-state index contributed by atoms with van der Waals surface area (Å²) in [4.78, 5) is 0. The molecule has 0 aromatic heterocycles. The molecule has 0 amide bonds. The highest BCUT2D eigenvalue weighted by Gasteiger charge is 2.13. The molecule has 146 valence electrons. The smallest absolute Gasteiger partial charge is 0.180 e. The fourth-order valence-electron chi connectivity index (χ4n) is 2.78. The Morgan fingerprint density at radius 1 is 0.964 bits per heavy atom. The van der Waals surface area contributed by atoms with Gasteiger partial charge < -0.3 is 14.8 Å². The highest BCUT2D eigenvalue weighted by molar-refractivity contribution is 6.32. The van der Waals surface area contributed by atoms with E-state index in [1.165, 1.54) is 17.7 Å². The number of hydrogen-bond acceptors (Lipinski definition) is 3. The third-order valence-corrected chi connectivity index (χ3v) is 4.47. The van der Waals surface area contributed by atoms with Crippen molar-refractivity contribution in [2.75, 3.05) is 11.9 Å². The number of aryl methyl sites for hydroxylation is 1. The second-order valence-corrected chi connectivity index (χ2v) is 6.88. The predicted octanol–water partition coefficient (Wildman–Crippen LogP) is 6.38. The van der Waals surface area contributed by atoms with Crippen molar-refractivity contribution in [3.8, 4) is 11.5 Å². The molecule has 0 spiro atoms. The second-order valence-electron chi connectivity index (χ2n) is 6.48. The summed E-state index contributed by atoms with van der Waals surface area (Å²) in [6.07, 6.45) is 0. The van der Waals surface area contributed by atoms with Gasteiger partial charge in [0.25, 0.3) is 0 Å². The van der Waals surface area contributed by atoms with Gasteiger partial charge >= 0.3 is 0 Å². The number of hydrogen-bond donors (Lipinski definition) is 1. The van der Waals surface area contributed by atoms with Crippen LogP contribution in [0.15, 0.2) is 60.7 Å². The number of nitrogens with one attached hydrogen (secondary N) is 1. The molecule has 0 bridgehead atoms. The minimum Gasteiger partial charge on any atom is -0.490 e. The zero-order chi connectivity index (χ0) is 19.9. The van der Waals surface area contributed by atoms with Gasteiger partial charge in [-0.3, -0.25) is 0 Å². The quantitative estimate of drug-likeness (QED) is 0.477. The average Bonchev–Trinajstić information content (AvgIpc) is 2.67. The number of rotatable bonds is 8. The van der Waals surface area contributed by atoms with Crippen LogP contribution >= 0.6 is 11.6 Å². The summed E-state index contributed by atoms with van der Waals surface area (Å²) in [5.41, 5.74) is 3.95. The molecule has 5 heteroatoms. The average molecular weight is 400 g/mol. The van der Waals surface area contributed by atoms with E-state index in [2.05, 4.69) is 24.4 Å². The van der Waals surface area contributed by atoms with Crippen LogP contribution in [0.4, 0.5) is 10.1 Å². The van der Waals surface area contributed by atoms with E-state index < -0.39 is 0 Å². The third-order valence-electron chi connectivity index (χ3n) is 4.19. The first-order chi connectivity index (χ1) is 13.5. The molecule has 1 N–H and O–H groups in total. The van der Waals surface area contributed by atoms with Crippen LogP contribution in [0.5, 0.6) is 11.5 Å². The SMILES string of the molecule is CCOc1cc(CNc2ccc(C)cc2)cc(Cl)c1OCc1cccc(F)c1. The van der Waals surface area contributed by atoms with Gasteiger partial charge in [0.15, 0.2) is 11.5 Å². The molecule has 0 unspecified atom stereocenters. The summed E-state index contributed by atoms with van der Waals surface area (Å²) in [6, 6.07) is 18.3. The Kier molecular flexibility index (Phi) is 6.77. The lowest BCUT2D eigenvalue weighted by atomic mass is 10.1. The van der Waals surface area contributed by atoms with Crippen molar-refractivity contribution < 1.29 is 13.9 Å². The van der Waals surface area contributed by atoms with Gasteiger partial charge in [-0.25, -0.2) is 4.39 Å². The van der Waals surface area contributed by atoms with Gasteiger partial charge in [0.1, 0.15) is 12.4 Å². The van der Waals surface area contributed by atoms with Gasteiger partial charge in [0, 0.05) is 12.2 Å². The number of anilines is 1. The monoisotopic (exact) mass is 399 g/mol. The summed E-state index contributed by atoms with van der Waals surface area (Å²) in [5.74, 6) is 0.744. The van der Waals surface area contributed by atoms with Gasteiger partial charge in [-0.2, -0.15) is 0 Å². The predicted molar refractivity (Wildman–Crippen MR) is 112 cm³/mol. The standard InChI is InChI=1S/C23H23ClFNO2/c1-3-27-22-13-18(14-26-20-9-7-16(2)8-10-20)12-21(24)23(22)28-15-17-5-4-6-19(25)11-17/h4-13,26H,3,14-15H2,1-2H3. The van der Waals surface area contributed by atoms with Crippen LogP contribution in [0, 0.1) is 12.7 Å². The van der Waals surface area contributed by atoms with Crippen LogP contribution in [-0.2, 0) is 13.2 Å². The van der Waals surface area contributed by atoms with Crippen LogP contribution in [0.1, 0.15) is 23.6 Å². The topological polar surface area (TPSA) is 30.5 Å². The Morgan fingerprint density at radius 2 is 1.75 bits per heavy atom. The molecule has 0 heterocycles. The molecular formula is C23H23ClFNO2. The third kappa shape index (κ3) is 5.40. The van der Waals surface area contributed by atoms with E-state index in [4.69, 9.17) is 21.1 Å².